The molecule has 27 heavy (non-hydrogen) atoms. The summed E-state index contributed by atoms with van der Waals surface area (Å²) >= 11 is 5.94. The van der Waals surface area contributed by atoms with E-state index in [1.807, 2.05) is 19.2 Å². The molecule has 0 radical (unpaired) electrons. The zero-order valence-electron chi connectivity index (χ0n) is 15.7. The van der Waals surface area contributed by atoms with Gasteiger partial charge in [0.25, 0.3) is 5.91 Å². The van der Waals surface area contributed by atoms with Crippen LogP contribution < -0.4 is 0 Å². The standard InChI is InChI=1S/C22H26ClFN2O/c1-25(22(27)19-6-10-21(24)11-7-19)15-18-3-2-13-26(16-18)14-12-17-4-8-20(23)9-5-17/h4-11,18H,2-3,12-16H2,1H3. The van der Waals surface area contributed by atoms with E-state index >= 15 is 0 Å². The predicted molar refractivity (Wildman–Crippen MR) is 108 cm³/mol. The van der Waals surface area contributed by atoms with Crippen molar-refractivity contribution in [1.29, 1.82) is 0 Å². The molecule has 1 heterocycles. The fraction of sp³-hybridized carbons (Fsp3) is 0.409. The molecule has 0 aromatic heterocycles. The van der Waals surface area contributed by atoms with Crippen LogP contribution >= 0.6 is 11.6 Å². The highest BCUT2D eigenvalue weighted by molar-refractivity contribution is 6.30. The first kappa shape index (κ1) is 19.8. The number of halogens is 2. The monoisotopic (exact) mass is 388 g/mol. The Bertz CT molecular complexity index is 748. The lowest BCUT2D eigenvalue weighted by Gasteiger charge is -2.34. The molecule has 1 atom stereocenters. The Morgan fingerprint density at radius 2 is 1.89 bits per heavy atom. The second kappa shape index (κ2) is 9.34. The van der Waals surface area contributed by atoms with E-state index in [1.54, 1.807) is 17.0 Å². The van der Waals surface area contributed by atoms with Gasteiger partial charge in [-0.2, -0.15) is 0 Å². The van der Waals surface area contributed by atoms with Crippen LogP contribution in [0.15, 0.2) is 48.5 Å². The van der Waals surface area contributed by atoms with Gasteiger partial charge in [0.05, 0.1) is 0 Å². The van der Waals surface area contributed by atoms with Crippen LogP contribution in [0.2, 0.25) is 5.02 Å². The molecule has 1 aliphatic rings. The van der Waals surface area contributed by atoms with Gasteiger partial charge < -0.3 is 9.80 Å². The van der Waals surface area contributed by atoms with Crippen molar-refractivity contribution in [3.63, 3.8) is 0 Å². The Balaban J connectivity index is 1.49. The third-order valence-electron chi connectivity index (χ3n) is 5.20. The molecular formula is C22H26ClFN2O. The first-order valence-electron chi connectivity index (χ1n) is 9.49. The highest BCUT2D eigenvalue weighted by atomic mass is 35.5. The van der Waals surface area contributed by atoms with Crippen LogP contribution in [0.1, 0.15) is 28.8 Å². The molecule has 0 N–H and O–H groups in total. The number of carbonyl (C=O) groups excluding carboxylic acids is 1. The SMILES string of the molecule is CN(CC1CCCN(CCc2ccc(Cl)cc2)C1)C(=O)c1ccc(F)cc1. The van der Waals surface area contributed by atoms with E-state index in [0.29, 0.717) is 11.5 Å². The number of rotatable bonds is 6. The maximum Gasteiger partial charge on any atom is 0.253 e. The zero-order chi connectivity index (χ0) is 19.2. The molecule has 1 unspecified atom stereocenters. The van der Waals surface area contributed by atoms with Crippen LogP contribution in [-0.2, 0) is 6.42 Å². The second-order valence-corrected chi connectivity index (χ2v) is 7.81. The molecule has 1 fully saturated rings. The van der Waals surface area contributed by atoms with Crippen LogP contribution in [0.25, 0.3) is 0 Å². The minimum Gasteiger partial charge on any atom is -0.341 e. The van der Waals surface area contributed by atoms with E-state index in [4.69, 9.17) is 11.6 Å². The number of nitrogens with zero attached hydrogens (tertiary/aromatic N) is 2. The molecule has 1 amide bonds. The van der Waals surface area contributed by atoms with Gasteiger partial charge in [-0.1, -0.05) is 23.7 Å². The van der Waals surface area contributed by atoms with Crippen LogP contribution in [0.5, 0.6) is 0 Å². The number of hydrogen-bond acceptors (Lipinski definition) is 2. The summed E-state index contributed by atoms with van der Waals surface area (Å²) < 4.78 is 13.0. The van der Waals surface area contributed by atoms with Gasteiger partial charge in [-0.05, 0) is 73.7 Å². The fourth-order valence-corrected chi connectivity index (χ4v) is 3.85. The van der Waals surface area contributed by atoms with Crippen LogP contribution in [0.4, 0.5) is 4.39 Å². The Hall–Kier alpha value is -1.91. The summed E-state index contributed by atoms with van der Waals surface area (Å²) in [6.45, 7) is 3.87. The number of carbonyl (C=O) groups is 1. The average molecular weight is 389 g/mol. The highest BCUT2D eigenvalue weighted by Gasteiger charge is 2.23. The smallest absolute Gasteiger partial charge is 0.253 e. The van der Waals surface area contributed by atoms with Crippen LogP contribution in [0, 0.1) is 11.7 Å². The Morgan fingerprint density at radius 3 is 2.59 bits per heavy atom. The molecule has 3 nitrogen and oxygen atoms in total. The lowest BCUT2D eigenvalue weighted by atomic mass is 9.96. The summed E-state index contributed by atoms with van der Waals surface area (Å²) in [5.74, 6) is 0.101. The molecule has 1 aliphatic heterocycles. The van der Waals surface area contributed by atoms with E-state index in [0.717, 1.165) is 50.5 Å². The minimum atomic E-state index is -0.321. The van der Waals surface area contributed by atoms with Crippen molar-refractivity contribution in [3.8, 4) is 0 Å². The third kappa shape index (κ3) is 5.78. The number of benzene rings is 2. The Labute approximate surface area is 165 Å². The van der Waals surface area contributed by atoms with Gasteiger partial charge in [-0.3, -0.25) is 4.79 Å². The van der Waals surface area contributed by atoms with Gasteiger partial charge in [0.2, 0.25) is 0 Å². The number of likely N-dealkylation sites (tertiary alicyclic amines) is 1. The van der Waals surface area contributed by atoms with Gasteiger partial charge >= 0.3 is 0 Å². The van der Waals surface area contributed by atoms with Crippen molar-refractivity contribution in [3.05, 3.63) is 70.5 Å². The first-order valence-corrected chi connectivity index (χ1v) is 9.87. The maximum absolute atomic E-state index is 13.0. The van der Waals surface area contributed by atoms with Gasteiger partial charge in [0, 0.05) is 37.3 Å². The number of piperidine rings is 1. The molecule has 3 rings (SSSR count). The normalized spacial score (nSPS) is 17.7. The average Bonchev–Trinajstić information content (AvgIpc) is 2.68. The summed E-state index contributed by atoms with van der Waals surface area (Å²) in [6.07, 6.45) is 3.30. The van der Waals surface area contributed by atoms with Crippen LogP contribution in [-0.4, -0.2) is 48.9 Å². The second-order valence-electron chi connectivity index (χ2n) is 7.38. The summed E-state index contributed by atoms with van der Waals surface area (Å²) in [4.78, 5) is 16.8. The molecule has 2 aromatic rings. The van der Waals surface area contributed by atoms with Gasteiger partial charge in [-0.25, -0.2) is 4.39 Å². The highest BCUT2D eigenvalue weighted by Crippen LogP contribution is 2.19. The number of amides is 1. The van der Waals surface area contributed by atoms with Gasteiger partial charge in [-0.15, -0.1) is 0 Å². The van der Waals surface area contributed by atoms with E-state index < -0.39 is 0 Å². The fourth-order valence-electron chi connectivity index (χ4n) is 3.72. The quantitative estimate of drug-likeness (QED) is 0.727. The largest absolute Gasteiger partial charge is 0.341 e. The molecular weight excluding hydrogens is 363 g/mol. The summed E-state index contributed by atoms with van der Waals surface area (Å²) in [5.41, 5.74) is 1.83. The minimum absolute atomic E-state index is 0.0479. The van der Waals surface area contributed by atoms with Gasteiger partial charge in [0.15, 0.2) is 0 Å². The molecule has 0 aliphatic carbocycles. The summed E-state index contributed by atoms with van der Waals surface area (Å²) in [6, 6.07) is 13.8. The molecule has 2 aromatic carbocycles. The lowest BCUT2D eigenvalue weighted by molar-refractivity contribution is 0.0730. The van der Waals surface area contributed by atoms with E-state index in [1.165, 1.54) is 17.7 Å². The Kier molecular flexibility index (Phi) is 6.86. The summed E-state index contributed by atoms with van der Waals surface area (Å²) in [7, 11) is 1.83. The molecule has 0 bridgehead atoms. The van der Waals surface area contributed by atoms with E-state index in [-0.39, 0.29) is 11.7 Å². The zero-order valence-corrected chi connectivity index (χ0v) is 16.5. The Morgan fingerprint density at radius 1 is 1.19 bits per heavy atom. The van der Waals surface area contributed by atoms with Crippen molar-refractivity contribution in [1.82, 2.24) is 9.80 Å². The van der Waals surface area contributed by atoms with Crippen molar-refractivity contribution in [2.75, 3.05) is 33.2 Å². The molecule has 1 saturated heterocycles. The molecule has 144 valence electrons. The first-order chi connectivity index (χ1) is 13.0. The molecule has 5 heteroatoms. The predicted octanol–water partition coefficient (Wildman–Crippen LogP) is 4.51. The van der Waals surface area contributed by atoms with Crippen LogP contribution in [0.3, 0.4) is 0 Å². The van der Waals surface area contributed by atoms with Crippen molar-refractivity contribution < 1.29 is 9.18 Å². The molecule has 0 spiro atoms. The van der Waals surface area contributed by atoms with Gasteiger partial charge in [0.1, 0.15) is 5.82 Å². The topological polar surface area (TPSA) is 23.6 Å². The van der Waals surface area contributed by atoms with E-state index in [9.17, 15) is 9.18 Å². The molecule has 0 saturated carbocycles. The summed E-state index contributed by atoms with van der Waals surface area (Å²) in [5, 5.41) is 0.769. The van der Waals surface area contributed by atoms with Crippen molar-refractivity contribution in [2.45, 2.75) is 19.3 Å². The maximum atomic E-state index is 13.0. The van der Waals surface area contributed by atoms with Crippen molar-refractivity contribution >= 4 is 17.5 Å². The lowest BCUT2D eigenvalue weighted by Crippen LogP contribution is -2.42. The number of hydrogen-bond donors (Lipinski definition) is 0. The van der Waals surface area contributed by atoms with Crippen molar-refractivity contribution in [2.24, 2.45) is 5.92 Å². The third-order valence-corrected chi connectivity index (χ3v) is 5.45. The van der Waals surface area contributed by atoms with E-state index in [2.05, 4.69) is 17.0 Å².